The standard InChI is InChI=1S/C25H19NS/c1-2-10-19(11-3-1)23-17-25(27-24-16-7-6-15-22(24)26-23)21-14-8-12-18-9-4-5-13-20(18)21/h1-16,25H,17H2/t25-/m0/s1. The number of benzene rings is 4. The van der Waals surface area contributed by atoms with Crippen molar-refractivity contribution in [3.63, 3.8) is 0 Å². The lowest BCUT2D eigenvalue weighted by molar-refractivity contribution is 1.02. The van der Waals surface area contributed by atoms with Crippen LogP contribution >= 0.6 is 11.8 Å². The van der Waals surface area contributed by atoms with Crippen LogP contribution in [0.3, 0.4) is 0 Å². The van der Waals surface area contributed by atoms with Gasteiger partial charge in [-0.2, -0.15) is 0 Å². The molecule has 5 rings (SSSR count). The van der Waals surface area contributed by atoms with Gasteiger partial charge in [0.05, 0.1) is 5.69 Å². The fourth-order valence-corrected chi connectivity index (χ4v) is 5.00. The number of fused-ring (bicyclic) bond motifs is 2. The van der Waals surface area contributed by atoms with Crippen LogP contribution in [-0.2, 0) is 0 Å². The number of aliphatic imine (C=N–C) groups is 1. The molecule has 0 saturated carbocycles. The first-order valence-electron chi connectivity index (χ1n) is 9.25. The molecular weight excluding hydrogens is 346 g/mol. The number of nitrogens with zero attached hydrogens (tertiary/aromatic N) is 1. The van der Waals surface area contributed by atoms with E-state index in [1.807, 2.05) is 11.8 Å². The average molecular weight is 366 g/mol. The lowest BCUT2D eigenvalue weighted by Gasteiger charge is -2.18. The first-order valence-corrected chi connectivity index (χ1v) is 10.1. The second kappa shape index (κ2) is 7.05. The molecule has 0 saturated heterocycles. The monoisotopic (exact) mass is 365 g/mol. The lowest BCUT2D eigenvalue weighted by atomic mass is 9.97. The Kier molecular flexibility index (Phi) is 4.27. The second-order valence-corrected chi connectivity index (χ2v) is 8.02. The van der Waals surface area contributed by atoms with Gasteiger partial charge in [0.2, 0.25) is 0 Å². The molecule has 4 aromatic carbocycles. The zero-order chi connectivity index (χ0) is 18.1. The summed E-state index contributed by atoms with van der Waals surface area (Å²) < 4.78 is 0. The Bertz CT molecular complexity index is 1130. The molecule has 0 bridgehead atoms. The summed E-state index contributed by atoms with van der Waals surface area (Å²) in [6, 6.07) is 34.4. The molecule has 1 aliphatic rings. The Labute approximate surface area is 163 Å². The van der Waals surface area contributed by atoms with Crippen molar-refractivity contribution in [3.05, 3.63) is 108 Å². The maximum absolute atomic E-state index is 5.06. The van der Waals surface area contributed by atoms with Crippen LogP contribution in [0.1, 0.15) is 22.8 Å². The zero-order valence-electron chi connectivity index (χ0n) is 14.9. The van der Waals surface area contributed by atoms with Crippen LogP contribution in [0.2, 0.25) is 0 Å². The molecule has 1 heterocycles. The second-order valence-electron chi connectivity index (χ2n) is 6.77. The molecule has 130 valence electrons. The molecule has 1 atom stereocenters. The quantitative estimate of drug-likeness (QED) is 0.366. The average Bonchev–Trinajstić information content (AvgIpc) is 2.94. The van der Waals surface area contributed by atoms with Gasteiger partial charge in [0.1, 0.15) is 0 Å². The molecule has 0 aromatic heterocycles. The van der Waals surface area contributed by atoms with Crippen molar-refractivity contribution in [2.45, 2.75) is 16.6 Å². The van der Waals surface area contributed by atoms with Crippen molar-refractivity contribution < 1.29 is 0 Å². The van der Waals surface area contributed by atoms with E-state index in [1.54, 1.807) is 0 Å². The van der Waals surface area contributed by atoms with Gasteiger partial charge in [-0.1, -0.05) is 84.9 Å². The van der Waals surface area contributed by atoms with Crippen molar-refractivity contribution >= 4 is 33.9 Å². The molecule has 0 unspecified atom stereocenters. The minimum absolute atomic E-state index is 0.332. The van der Waals surface area contributed by atoms with Crippen LogP contribution < -0.4 is 0 Å². The molecule has 4 aromatic rings. The van der Waals surface area contributed by atoms with Gasteiger partial charge in [0, 0.05) is 22.3 Å². The maximum atomic E-state index is 5.06. The summed E-state index contributed by atoms with van der Waals surface area (Å²) in [4.78, 5) is 6.31. The van der Waals surface area contributed by atoms with E-state index in [1.165, 1.54) is 26.8 Å². The molecule has 0 amide bonds. The molecule has 0 radical (unpaired) electrons. The van der Waals surface area contributed by atoms with E-state index in [-0.39, 0.29) is 0 Å². The number of hydrogen-bond donors (Lipinski definition) is 0. The minimum atomic E-state index is 0.332. The van der Waals surface area contributed by atoms with E-state index in [2.05, 4.69) is 97.1 Å². The highest BCUT2D eigenvalue weighted by Crippen LogP contribution is 2.46. The molecule has 1 nitrogen and oxygen atoms in total. The highest BCUT2D eigenvalue weighted by Gasteiger charge is 2.23. The first kappa shape index (κ1) is 16.3. The predicted molar refractivity (Wildman–Crippen MR) is 116 cm³/mol. The summed E-state index contributed by atoms with van der Waals surface area (Å²) in [6.07, 6.45) is 0.914. The van der Waals surface area contributed by atoms with Crippen LogP contribution in [0.4, 0.5) is 5.69 Å². The van der Waals surface area contributed by atoms with Gasteiger partial charge in [0.15, 0.2) is 0 Å². The smallest absolute Gasteiger partial charge is 0.0769 e. The van der Waals surface area contributed by atoms with Gasteiger partial charge >= 0.3 is 0 Å². The van der Waals surface area contributed by atoms with Crippen LogP contribution in [0, 0.1) is 0 Å². The minimum Gasteiger partial charge on any atom is -0.252 e. The summed E-state index contributed by atoms with van der Waals surface area (Å²) in [5.41, 5.74) is 4.83. The Balaban J connectivity index is 1.67. The SMILES string of the molecule is c1ccc(C2=Nc3ccccc3S[C@H](c3cccc4ccccc34)C2)cc1. The van der Waals surface area contributed by atoms with Crippen molar-refractivity contribution in [1.82, 2.24) is 0 Å². The van der Waals surface area contributed by atoms with E-state index in [4.69, 9.17) is 4.99 Å². The third-order valence-electron chi connectivity index (χ3n) is 5.05. The molecule has 0 spiro atoms. The van der Waals surface area contributed by atoms with E-state index in [0.29, 0.717) is 5.25 Å². The molecule has 1 aliphatic heterocycles. The molecule has 0 N–H and O–H groups in total. The van der Waals surface area contributed by atoms with Gasteiger partial charge in [-0.15, -0.1) is 11.8 Å². The summed E-state index contributed by atoms with van der Waals surface area (Å²) >= 11 is 1.93. The fourth-order valence-electron chi connectivity index (χ4n) is 3.73. The first-order chi connectivity index (χ1) is 13.4. The van der Waals surface area contributed by atoms with Crippen LogP contribution in [0.15, 0.2) is 107 Å². The maximum Gasteiger partial charge on any atom is 0.0769 e. The van der Waals surface area contributed by atoms with Crippen molar-refractivity contribution in [2.75, 3.05) is 0 Å². The van der Waals surface area contributed by atoms with Crippen LogP contribution in [-0.4, -0.2) is 5.71 Å². The highest BCUT2D eigenvalue weighted by atomic mass is 32.2. The Morgan fingerprint density at radius 2 is 1.44 bits per heavy atom. The van der Waals surface area contributed by atoms with E-state index >= 15 is 0 Å². The van der Waals surface area contributed by atoms with Crippen molar-refractivity contribution in [3.8, 4) is 0 Å². The van der Waals surface area contributed by atoms with Crippen molar-refractivity contribution in [1.29, 1.82) is 0 Å². The van der Waals surface area contributed by atoms with E-state index in [0.717, 1.165) is 17.8 Å². The molecule has 0 aliphatic carbocycles. The van der Waals surface area contributed by atoms with Gasteiger partial charge in [-0.3, -0.25) is 4.99 Å². The number of hydrogen-bond acceptors (Lipinski definition) is 2. The van der Waals surface area contributed by atoms with E-state index in [9.17, 15) is 0 Å². The molecule has 0 fully saturated rings. The molecular formula is C25H19NS. The summed E-state index contributed by atoms with van der Waals surface area (Å²) in [5, 5.41) is 2.97. The number of rotatable bonds is 2. The topological polar surface area (TPSA) is 12.4 Å². The zero-order valence-corrected chi connectivity index (χ0v) is 15.7. The Hall–Kier alpha value is -2.84. The third-order valence-corrected chi connectivity index (χ3v) is 6.35. The Morgan fingerprint density at radius 1 is 0.704 bits per heavy atom. The lowest BCUT2D eigenvalue weighted by Crippen LogP contribution is -2.05. The largest absolute Gasteiger partial charge is 0.252 e. The third kappa shape index (κ3) is 3.17. The van der Waals surface area contributed by atoms with Gasteiger partial charge in [0.25, 0.3) is 0 Å². The predicted octanol–water partition coefficient (Wildman–Crippen LogP) is 7.20. The number of thioether (sulfide) groups is 1. The molecule has 2 heteroatoms. The Morgan fingerprint density at radius 3 is 2.37 bits per heavy atom. The fraction of sp³-hybridized carbons (Fsp3) is 0.0800. The van der Waals surface area contributed by atoms with Crippen LogP contribution in [0.25, 0.3) is 10.8 Å². The summed E-state index contributed by atoms with van der Waals surface area (Å²) in [5.74, 6) is 0. The van der Waals surface area contributed by atoms with Gasteiger partial charge < -0.3 is 0 Å². The van der Waals surface area contributed by atoms with Crippen LogP contribution in [0.5, 0.6) is 0 Å². The van der Waals surface area contributed by atoms with E-state index < -0.39 is 0 Å². The normalized spacial score (nSPS) is 16.4. The molecule has 27 heavy (non-hydrogen) atoms. The summed E-state index contributed by atoms with van der Waals surface area (Å²) in [6.45, 7) is 0. The van der Waals surface area contributed by atoms with Gasteiger partial charge in [-0.25, -0.2) is 0 Å². The number of para-hydroxylation sites is 1. The van der Waals surface area contributed by atoms with Crippen molar-refractivity contribution in [2.24, 2.45) is 4.99 Å². The summed E-state index contributed by atoms with van der Waals surface area (Å²) in [7, 11) is 0. The highest BCUT2D eigenvalue weighted by molar-refractivity contribution is 7.99. The van der Waals surface area contributed by atoms with Gasteiger partial charge in [-0.05, 0) is 34.0 Å².